The zero-order valence-corrected chi connectivity index (χ0v) is 18.4. The largest absolute Gasteiger partial charge is 0.351 e. The molecule has 3 heterocycles. The van der Waals surface area contributed by atoms with Crippen molar-refractivity contribution in [3.8, 4) is 5.69 Å². The van der Waals surface area contributed by atoms with Gasteiger partial charge in [-0.25, -0.2) is 0 Å². The van der Waals surface area contributed by atoms with E-state index in [0.29, 0.717) is 5.11 Å². The fraction of sp³-hybridized carbons (Fsp3) is 0.154. The minimum absolute atomic E-state index is 0.0404. The normalized spacial score (nSPS) is 18.3. The Balaban J connectivity index is 1.66. The monoisotopic (exact) mass is 424 g/mol. The molecule has 4 aromatic rings. The van der Waals surface area contributed by atoms with Gasteiger partial charge in [0.25, 0.3) is 0 Å². The van der Waals surface area contributed by atoms with Crippen molar-refractivity contribution in [2.24, 2.45) is 0 Å². The van der Waals surface area contributed by atoms with Crippen LogP contribution in [0.15, 0.2) is 91.3 Å². The van der Waals surface area contributed by atoms with Gasteiger partial charge in [0, 0.05) is 29.5 Å². The Hall–Kier alpha value is -3.44. The minimum Gasteiger partial charge on any atom is -0.351 e. The van der Waals surface area contributed by atoms with Crippen molar-refractivity contribution in [3.05, 3.63) is 114 Å². The molecular formula is C26H24N4S. The van der Waals surface area contributed by atoms with Crippen LogP contribution in [-0.2, 0) is 0 Å². The predicted octanol–water partition coefficient (Wildman–Crippen LogP) is 5.67. The van der Waals surface area contributed by atoms with Crippen molar-refractivity contribution < 1.29 is 0 Å². The maximum Gasteiger partial charge on any atom is 0.174 e. The first-order valence-electron chi connectivity index (χ1n) is 10.4. The number of benzene rings is 2. The summed E-state index contributed by atoms with van der Waals surface area (Å²) < 4.78 is 2.25. The summed E-state index contributed by atoms with van der Waals surface area (Å²) in [5.41, 5.74) is 6.81. The standard InChI is InChI=1S/C26H24N4S/c1-18-8-12-20(13-9-18)29-17-5-7-23(29)25-24(22-6-3-4-16-27-22)28-26(31)30(25)21-14-10-19(2)11-15-21/h3-17,24-25H,1-2H3,(H,28,31)/t24-,25-/m1/s1. The van der Waals surface area contributed by atoms with Crippen LogP contribution in [-0.4, -0.2) is 14.7 Å². The number of pyridine rings is 1. The van der Waals surface area contributed by atoms with E-state index in [1.54, 1.807) is 0 Å². The van der Waals surface area contributed by atoms with E-state index in [1.165, 1.54) is 11.1 Å². The third kappa shape index (κ3) is 3.62. The molecule has 0 aliphatic carbocycles. The first kappa shape index (κ1) is 19.5. The second-order valence-electron chi connectivity index (χ2n) is 7.97. The van der Waals surface area contributed by atoms with Gasteiger partial charge in [-0.1, -0.05) is 41.5 Å². The summed E-state index contributed by atoms with van der Waals surface area (Å²) in [6, 6.07) is 27.3. The molecule has 0 spiro atoms. The van der Waals surface area contributed by atoms with E-state index >= 15 is 0 Å². The van der Waals surface area contributed by atoms with Crippen LogP contribution in [0, 0.1) is 13.8 Å². The van der Waals surface area contributed by atoms with Gasteiger partial charge < -0.3 is 14.8 Å². The van der Waals surface area contributed by atoms with Gasteiger partial charge >= 0.3 is 0 Å². The Morgan fingerprint density at radius 2 is 1.48 bits per heavy atom. The maximum absolute atomic E-state index is 5.84. The number of anilines is 1. The number of aryl methyl sites for hydroxylation is 2. The molecule has 1 aliphatic heterocycles. The highest BCUT2D eigenvalue weighted by Crippen LogP contribution is 2.42. The molecule has 1 saturated heterocycles. The highest BCUT2D eigenvalue weighted by molar-refractivity contribution is 7.80. The molecular weight excluding hydrogens is 400 g/mol. The third-order valence-corrected chi connectivity index (χ3v) is 6.12. The van der Waals surface area contributed by atoms with Gasteiger partial charge in [-0.3, -0.25) is 4.98 Å². The van der Waals surface area contributed by atoms with Gasteiger partial charge in [0.05, 0.1) is 11.7 Å². The molecule has 31 heavy (non-hydrogen) atoms. The molecule has 1 fully saturated rings. The summed E-state index contributed by atoms with van der Waals surface area (Å²) in [5.74, 6) is 0. The second-order valence-corrected chi connectivity index (χ2v) is 8.36. The van der Waals surface area contributed by atoms with Crippen molar-refractivity contribution in [1.82, 2.24) is 14.9 Å². The van der Waals surface area contributed by atoms with Gasteiger partial charge in [-0.05, 0) is 74.6 Å². The molecule has 5 heteroatoms. The molecule has 2 aromatic heterocycles. The Labute approximate surface area is 188 Å². The number of nitrogens with one attached hydrogen (secondary N) is 1. The van der Waals surface area contributed by atoms with Crippen LogP contribution in [0.1, 0.15) is 34.6 Å². The Bertz CT molecular complexity index is 1200. The van der Waals surface area contributed by atoms with Crippen molar-refractivity contribution in [3.63, 3.8) is 0 Å². The molecule has 0 saturated carbocycles. The van der Waals surface area contributed by atoms with E-state index in [9.17, 15) is 0 Å². The number of thiocarbonyl (C=S) groups is 1. The number of aromatic nitrogens is 2. The van der Waals surface area contributed by atoms with Crippen LogP contribution in [0.2, 0.25) is 0 Å². The average molecular weight is 425 g/mol. The summed E-state index contributed by atoms with van der Waals surface area (Å²) in [5, 5.41) is 4.25. The van der Waals surface area contributed by atoms with E-state index in [0.717, 1.165) is 22.8 Å². The van der Waals surface area contributed by atoms with Gasteiger partial charge in [-0.15, -0.1) is 0 Å². The SMILES string of the molecule is Cc1ccc(N2C(=S)N[C@H](c3ccccn3)[C@H]2c2cccn2-c2ccc(C)cc2)cc1. The smallest absolute Gasteiger partial charge is 0.174 e. The molecule has 2 aromatic carbocycles. The molecule has 2 atom stereocenters. The Morgan fingerprint density at radius 1 is 0.806 bits per heavy atom. The molecule has 0 amide bonds. The lowest BCUT2D eigenvalue weighted by atomic mass is 10.0. The molecule has 1 N–H and O–H groups in total. The van der Waals surface area contributed by atoms with Gasteiger partial charge in [-0.2, -0.15) is 0 Å². The summed E-state index contributed by atoms with van der Waals surface area (Å²) in [7, 11) is 0. The molecule has 154 valence electrons. The van der Waals surface area contributed by atoms with Crippen LogP contribution in [0.3, 0.4) is 0 Å². The molecule has 0 radical (unpaired) electrons. The third-order valence-electron chi connectivity index (χ3n) is 5.81. The Kier molecular flexibility index (Phi) is 5.04. The first-order chi connectivity index (χ1) is 15.1. The molecule has 1 aliphatic rings. The summed E-state index contributed by atoms with van der Waals surface area (Å²) in [4.78, 5) is 6.87. The lowest BCUT2D eigenvalue weighted by Crippen LogP contribution is -2.30. The van der Waals surface area contributed by atoms with Crippen molar-refractivity contribution in [1.29, 1.82) is 0 Å². The molecule has 5 rings (SSSR count). The molecule has 0 unspecified atom stereocenters. The van der Waals surface area contributed by atoms with E-state index in [1.807, 2.05) is 18.3 Å². The van der Waals surface area contributed by atoms with E-state index in [2.05, 4.69) is 107 Å². The molecule has 0 bridgehead atoms. The van der Waals surface area contributed by atoms with Crippen LogP contribution in [0.5, 0.6) is 0 Å². The number of hydrogen-bond donors (Lipinski definition) is 1. The van der Waals surface area contributed by atoms with Crippen molar-refractivity contribution in [2.45, 2.75) is 25.9 Å². The van der Waals surface area contributed by atoms with Crippen molar-refractivity contribution >= 4 is 23.0 Å². The first-order valence-corrected chi connectivity index (χ1v) is 10.8. The lowest BCUT2D eigenvalue weighted by Gasteiger charge is -2.29. The van der Waals surface area contributed by atoms with Gasteiger partial charge in [0.2, 0.25) is 0 Å². The van der Waals surface area contributed by atoms with Crippen LogP contribution in [0.4, 0.5) is 5.69 Å². The Morgan fingerprint density at radius 3 is 2.13 bits per heavy atom. The zero-order valence-electron chi connectivity index (χ0n) is 17.6. The summed E-state index contributed by atoms with van der Waals surface area (Å²) >= 11 is 5.84. The quantitative estimate of drug-likeness (QED) is 0.428. The summed E-state index contributed by atoms with van der Waals surface area (Å²) in [6.07, 6.45) is 3.95. The predicted molar refractivity (Wildman–Crippen MR) is 130 cm³/mol. The second kappa shape index (κ2) is 8.00. The average Bonchev–Trinajstić information content (AvgIpc) is 3.40. The topological polar surface area (TPSA) is 33.1 Å². The van der Waals surface area contributed by atoms with Gasteiger partial charge in [0.15, 0.2) is 5.11 Å². The minimum atomic E-state index is -0.0610. The lowest BCUT2D eigenvalue weighted by molar-refractivity contribution is 0.549. The number of hydrogen-bond acceptors (Lipinski definition) is 2. The van der Waals surface area contributed by atoms with Crippen LogP contribution >= 0.6 is 12.2 Å². The fourth-order valence-corrected chi connectivity index (χ4v) is 4.56. The van der Waals surface area contributed by atoms with Crippen LogP contribution in [0.25, 0.3) is 5.69 Å². The van der Waals surface area contributed by atoms with Crippen LogP contribution < -0.4 is 10.2 Å². The number of nitrogens with zero attached hydrogens (tertiary/aromatic N) is 3. The van der Waals surface area contributed by atoms with Crippen molar-refractivity contribution in [2.75, 3.05) is 4.90 Å². The zero-order chi connectivity index (χ0) is 21.4. The molecule has 4 nitrogen and oxygen atoms in total. The van der Waals surface area contributed by atoms with E-state index in [-0.39, 0.29) is 12.1 Å². The number of rotatable bonds is 4. The fourth-order valence-electron chi connectivity index (χ4n) is 4.21. The van der Waals surface area contributed by atoms with E-state index in [4.69, 9.17) is 12.2 Å². The van der Waals surface area contributed by atoms with Gasteiger partial charge in [0.1, 0.15) is 6.04 Å². The summed E-state index contributed by atoms with van der Waals surface area (Å²) in [6.45, 7) is 4.21. The maximum atomic E-state index is 5.84. The van der Waals surface area contributed by atoms with E-state index < -0.39 is 0 Å². The highest BCUT2D eigenvalue weighted by atomic mass is 32.1. The highest BCUT2D eigenvalue weighted by Gasteiger charge is 2.42.